The number of nitro benzene ring substituents is 1. The second-order valence-corrected chi connectivity index (χ2v) is 7.90. The van der Waals surface area contributed by atoms with Crippen molar-refractivity contribution in [2.24, 2.45) is 0 Å². The Morgan fingerprint density at radius 1 is 1.00 bits per heavy atom. The van der Waals surface area contributed by atoms with Gasteiger partial charge in [-0.05, 0) is 55.8 Å². The van der Waals surface area contributed by atoms with Gasteiger partial charge < -0.3 is 14.2 Å². The zero-order valence-electron chi connectivity index (χ0n) is 17.3. The Labute approximate surface area is 184 Å². The molecule has 0 radical (unpaired) electrons. The van der Waals surface area contributed by atoms with E-state index in [1.165, 1.54) is 17.8 Å². The lowest BCUT2D eigenvalue weighted by Crippen LogP contribution is -2.05. The number of thioether (sulfide) groups is 1. The third-order valence-electron chi connectivity index (χ3n) is 4.18. The number of hydrogen-bond acceptors (Lipinski definition) is 6. The van der Waals surface area contributed by atoms with E-state index >= 15 is 0 Å². The van der Waals surface area contributed by atoms with Gasteiger partial charge in [-0.3, -0.25) is 10.1 Å². The molecule has 162 valence electrons. The zero-order valence-corrected chi connectivity index (χ0v) is 18.1. The van der Waals surface area contributed by atoms with Gasteiger partial charge in [-0.15, -0.1) is 11.8 Å². The van der Waals surface area contributed by atoms with Gasteiger partial charge in [-0.2, -0.15) is 0 Å². The molecule has 0 aliphatic heterocycles. The van der Waals surface area contributed by atoms with E-state index in [1.807, 2.05) is 50.2 Å². The van der Waals surface area contributed by atoms with Crippen LogP contribution in [-0.4, -0.2) is 18.1 Å². The first-order valence-electron chi connectivity index (χ1n) is 9.54. The Morgan fingerprint density at radius 3 is 2.35 bits per heavy atom. The minimum atomic E-state index is -0.704. The van der Waals surface area contributed by atoms with Gasteiger partial charge in [0.25, 0.3) is 0 Å². The molecule has 6 nitrogen and oxygen atoms in total. The van der Waals surface area contributed by atoms with E-state index in [0.29, 0.717) is 17.3 Å². The molecule has 3 aromatic carbocycles. The molecule has 0 aliphatic rings. The van der Waals surface area contributed by atoms with Crippen molar-refractivity contribution in [3.8, 4) is 23.0 Å². The van der Waals surface area contributed by atoms with Crippen LogP contribution < -0.4 is 14.2 Å². The number of rotatable bonds is 9. The van der Waals surface area contributed by atoms with Crippen LogP contribution >= 0.6 is 11.8 Å². The number of hydrogen-bond donors (Lipinski definition) is 0. The standard InChI is InChI=1S/C23H22FNO5S/c1-15(2)29-19-9-11-23(31-14-16-4-7-18(28-3)8-5-16)22(13-19)30-21-10-6-17(24)12-20(21)25(26)27/h4-13,15H,14H2,1-3H3. The number of benzene rings is 3. The third-order valence-corrected chi connectivity index (χ3v) is 5.30. The molecule has 0 aliphatic carbocycles. The lowest BCUT2D eigenvalue weighted by Gasteiger charge is -2.15. The number of ether oxygens (including phenoxy) is 3. The van der Waals surface area contributed by atoms with E-state index in [1.54, 1.807) is 13.2 Å². The van der Waals surface area contributed by atoms with Crippen molar-refractivity contribution >= 4 is 17.4 Å². The first kappa shape index (κ1) is 22.4. The molecule has 0 amide bonds. The van der Waals surface area contributed by atoms with Crippen molar-refractivity contribution in [1.82, 2.24) is 0 Å². The molecule has 8 heteroatoms. The number of nitro groups is 1. The Balaban J connectivity index is 1.89. The molecule has 0 saturated heterocycles. The summed E-state index contributed by atoms with van der Waals surface area (Å²) in [4.78, 5) is 11.4. The molecule has 0 N–H and O–H groups in total. The highest BCUT2D eigenvalue weighted by molar-refractivity contribution is 7.98. The normalized spacial score (nSPS) is 10.7. The Bertz CT molecular complexity index is 1060. The van der Waals surface area contributed by atoms with Gasteiger partial charge >= 0.3 is 5.69 Å². The van der Waals surface area contributed by atoms with Crippen LogP contribution in [0, 0.1) is 15.9 Å². The van der Waals surface area contributed by atoms with E-state index in [4.69, 9.17) is 14.2 Å². The molecule has 0 saturated carbocycles. The fourth-order valence-electron chi connectivity index (χ4n) is 2.75. The molecule has 0 unspecified atom stereocenters. The van der Waals surface area contributed by atoms with Gasteiger partial charge in [-0.25, -0.2) is 4.39 Å². The summed E-state index contributed by atoms with van der Waals surface area (Å²) >= 11 is 1.51. The molecule has 0 bridgehead atoms. The van der Waals surface area contributed by atoms with E-state index in [2.05, 4.69) is 0 Å². The van der Waals surface area contributed by atoms with Crippen molar-refractivity contribution in [1.29, 1.82) is 0 Å². The molecular formula is C23H22FNO5S. The molecule has 0 aromatic heterocycles. The summed E-state index contributed by atoms with van der Waals surface area (Å²) in [5.74, 6) is 1.65. The van der Waals surface area contributed by atoms with Gasteiger partial charge in [-0.1, -0.05) is 12.1 Å². The molecule has 3 rings (SSSR count). The average molecular weight is 443 g/mol. The highest BCUT2D eigenvalue weighted by atomic mass is 32.2. The number of halogens is 1. The monoisotopic (exact) mass is 443 g/mol. The van der Waals surface area contributed by atoms with E-state index < -0.39 is 16.4 Å². The van der Waals surface area contributed by atoms with Crippen LogP contribution in [0.1, 0.15) is 19.4 Å². The third kappa shape index (κ3) is 6.11. The van der Waals surface area contributed by atoms with Gasteiger partial charge in [0.1, 0.15) is 23.1 Å². The first-order valence-corrected chi connectivity index (χ1v) is 10.5. The summed E-state index contributed by atoms with van der Waals surface area (Å²) in [7, 11) is 1.61. The van der Waals surface area contributed by atoms with Gasteiger partial charge in [0.2, 0.25) is 5.75 Å². The van der Waals surface area contributed by atoms with E-state index in [9.17, 15) is 14.5 Å². The lowest BCUT2D eigenvalue weighted by atomic mass is 10.2. The minimum absolute atomic E-state index is 0.0422. The maximum Gasteiger partial charge on any atom is 0.314 e. The zero-order chi connectivity index (χ0) is 22.4. The van der Waals surface area contributed by atoms with Crippen molar-refractivity contribution in [2.45, 2.75) is 30.6 Å². The quantitative estimate of drug-likeness (QED) is 0.210. The minimum Gasteiger partial charge on any atom is -0.497 e. The Hall–Kier alpha value is -3.26. The molecule has 31 heavy (non-hydrogen) atoms. The van der Waals surface area contributed by atoms with Gasteiger partial charge in [0, 0.05) is 11.8 Å². The summed E-state index contributed by atoms with van der Waals surface area (Å²) in [5, 5.41) is 11.3. The van der Waals surface area contributed by atoms with Crippen LogP contribution in [0.15, 0.2) is 65.6 Å². The highest BCUT2D eigenvalue weighted by Gasteiger charge is 2.19. The number of methoxy groups -OCH3 is 1. The van der Waals surface area contributed by atoms with Gasteiger partial charge in [0.05, 0.1) is 29.1 Å². The number of nitrogens with zero attached hydrogens (tertiary/aromatic N) is 1. The topological polar surface area (TPSA) is 70.8 Å². The van der Waals surface area contributed by atoms with Crippen LogP contribution in [0.4, 0.5) is 10.1 Å². The molecule has 3 aromatic rings. The molecule has 0 heterocycles. The Kier molecular flexibility index (Phi) is 7.36. The highest BCUT2D eigenvalue weighted by Crippen LogP contribution is 2.40. The van der Waals surface area contributed by atoms with Crippen molar-refractivity contribution < 1.29 is 23.5 Å². The second kappa shape index (κ2) is 10.2. The van der Waals surface area contributed by atoms with Crippen LogP contribution in [0.5, 0.6) is 23.0 Å². The smallest absolute Gasteiger partial charge is 0.314 e. The molecule has 0 fully saturated rings. The first-order chi connectivity index (χ1) is 14.9. The largest absolute Gasteiger partial charge is 0.497 e. The predicted molar refractivity (Wildman–Crippen MR) is 118 cm³/mol. The second-order valence-electron chi connectivity index (χ2n) is 6.88. The molecule has 0 atom stereocenters. The Morgan fingerprint density at radius 2 is 1.71 bits per heavy atom. The SMILES string of the molecule is COc1ccc(CSc2ccc(OC(C)C)cc2Oc2ccc(F)cc2[N+](=O)[O-])cc1. The van der Waals surface area contributed by atoms with E-state index in [-0.39, 0.29) is 11.9 Å². The molecule has 0 spiro atoms. The maximum atomic E-state index is 13.5. The fourth-order valence-corrected chi connectivity index (χ4v) is 3.68. The maximum absolute atomic E-state index is 13.5. The van der Waals surface area contributed by atoms with Gasteiger partial charge in [0.15, 0.2) is 0 Å². The summed E-state index contributed by atoms with van der Waals surface area (Å²) < 4.78 is 30.3. The van der Waals surface area contributed by atoms with Crippen molar-refractivity contribution in [3.05, 3.63) is 82.2 Å². The van der Waals surface area contributed by atoms with Crippen LogP contribution in [0.2, 0.25) is 0 Å². The van der Waals surface area contributed by atoms with Crippen LogP contribution in [0.3, 0.4) is 0 Å². The van der Waals surface area contributed by atoms with Crippen molar-refractivity contribution in [3.63, 3.8) is 0 Å². The van der Waals surface area contributed by atoms with Crippen LogP contribution in [-0.2, 0) is 5.75 Å². The van der Waals surface area contributed by atoms with Crippen molar-refractivity contribution in [2.75, 3.05) is 7.11 Å². The predicted octanol–water partition coefficient (Wildman–Crippen LogP) is 6.61. The summed E-state index contributed by atoms with van der Waals surface area (Å²) in [5.41, 5.74) is 0.633. The summed E-state index contributed by atoms with van der Waals surface area (Å²) in [6.45, 7) is 3.80. The fraction of sp³-hybridized carbons (Fsp3) is 0.217. The summed E-state index contributed by atoms with van der Waals surface area (Å²) in [6.07, 6.45) is -0.0502. The lowest BCUT2D eigenvalue weighted by molar-refractivity contribution is -0.385. The summed E-state index contributed by atoms with van der Waals surface area (Å²) in [6, 6.07) is 16.3. The average Bonchev–Trinajstić information content (AvgIpc) is 2.74. The molecular weight excluding hydrogens is 421 g/mol. The van der Waals surface area contributed by atoms with E-state index in [0.717, 1.165) is 28.3 Å². The van der Waals surface area contributed by atoms with Crippen LogP contribution in [0.25, 0.3) is 0 Å².